The summed E-state index contributed by atoms with van der Waals surface area (Å²) in [5.41, 5.74) is 8.35. The molecule has 9 heteroatoms. The standard InChI is InChI=1S/2C21H25.2C7H5F3O.Zr/c2*1-20(2,3)16-7-9-18-14(12-16)11-15-13-17(21(4,5)6)8-10-19(15)18;2*8-7(9,10)5-2-1-3-6(11)4-5;/h2*7-13H,1-6H3;2*1-4,11H;/q;;;;+2/p-2. The van der Waals surface area contributed by atoms with Crippen LogP contribution < -0.4 is 5.63 Å². The van der Waals surface area contributed by atoms with Crippen molar-refractivity contribution in [1.29, 1.82) is 0 Å². The summed E-state index contributed by atoms with van der Waals surface area (Å²) < 4.78 is 102. The second-order valence-electron chi connectivity index (χ2n) is 22.1. The van der Waals surface area contributed by atoms with Gasteiger partial charge in [0.05, 0.1) is 0 Å². The Morgan fingerprint density at radius 3 is 0.831 bits per heavy atom. The average Bonchev–Trinajstić information content (AvgIpc) is 3.71. The summed E-state index contributed by atoms with van der Waals surface area (Å²) in [6.07, 6.45) is -9.41. The first-order chi connectivity index (χ1) is 30.0. The van der Waals surface area contributed by atoms with E-state index in [1.165, 1.54) is 24.3 Å². The Hall–Kier alpha value is -4.62. The van der Waals surface area contributed by atoms with Crippen LogP contribution in [0.3, 0.4) is 0 Å². The fourth-order valence-electron chi connectivity index (χ4n) is 9.52. The summed E-state index contributed by atoms with van der Waals surface area (Å²) in [6, 6.07) is 35.4. The molecule has 0 amide bonds. The Labute approximate surface area is 386 Å². The van der Waals surface area contributed by atoms with Crippen LogP contribution in [0.2, 0.25) is 0 Å². The minimum atomic E-state index is -5.95. The van der Waals surface area contributed by atoms with Crippen LogP contribution >= 0.6 is 0 Å². The predicted octanol–water partition coefficient (Wildman–Crippen LogP) is 16.9. The van der Waals surface area contributed by atoms with Crippen LogP contribution in [0.15, 0.2) is 121 Å². The van der Waals surface area contributed by atoms with Gasteiger partial charge in [0, 0.05) is 0 Å². The van der Waals surface area contributed by atoms with E-state index >= 15 is 0 Å². The summed E-state index contributed by atoms with van der Waals surface area (Å²) in [4.78, 5) is 0. The molecule has 8 rings (SSSR count). The Kier molecular flexibility index (Phi) is 11.4. The first-order valence-corrected chi connectivity index (χ1v) is 27.1. The third-order valence-corrected chi connectivity index (χ3v) is 22.9. The van der Waals surface area contributed by atoms with E-state index in [1.807, 2.05) is 0 Å². The third kappa shape index (κ3) is 8.76. The predicted molar refractivity (Wildman–Crippen MR) is 246 cm³/mol. The summed E-state index contributed by atoms with van der Waals surface area (Å²) in [7, 11) is 0. The number of benzene rings is 6. The molecule has 2 aliphatic carbocycles. The third-order valence-electron chi connectivity index (χ3n) is 13.2. The second-order valence-corrected chi connectivity index (χ2v) is 29.4. The molecule has 0 saturated carbocycles. The average molecular weight is 968 g/mol. The normalized spacial score (nSPS) is 14.8. The molecule has 0 unspecified atom stereocenters. The van der Waals surface area contributed by atoms with Gasteiger partial charge in [0.15, 0.2) is 0 Å². The van der Waals surface area contributed by atoms with E-state index in [9.17, 15) is 26.3 Å². The fraction of sp³-hybridized carbons (Fsp3) is 0.357. The maximum atomic E-state index is 14.7. The van der Waals surface area contributed by atoms with Gasteiger partial charge in [-0.1, -0.05) is 0 Å². The van der Waals surface area contributed by atoms with Crippen molar-refractivity contribution in [3.05, 3.63) is 177 Å². The molecule has 6 aromatic rings. The zero-order valence-corrected chi connectivity index (χ0v) is 41.7. The monoisotopic (exact) mass is 966 g/mol. The molecule has 6 aromatic carbocycles. The van der Waals surface area contributed by atoms with Crippen molar-refractivity contribution in [2.45, 2.75) is 124 Å². The van der Waals surface area contributed by atoms with Crippen LogP contribution in [0.5, 0.6) is 11.5 Å². The SMILES string of the molecule is CC(C)(C)c1ccc2c(c1)[CH]([Zr]([O]c1cccc(C(F)(F)F)c1)([O]c1cccc(C(F)(F)F)c1)[CH]1c3cc(C(C)(C)C)ccc3-c3ccc(C(C)(C)C)cc31)c1cc(C(C)(C)C)ccc1-2. The van der Waals surface area contributed by atoms with E-state index in [0.29, 0.717) is 0 Å². The zero-order valence-electron chi connectivity index (χ0n) is 39.3. The Morgan fingerprint density at radius 1 is 0.338 bits per heavy atom. The van der Waals surface area contributed by atoms with Gasteiger partial charge in [-0.15, -0.1) is 0 Å². The first-order valence-electron chi connectivity index (χ1n) is 22.3. The van der Waals surface area contributed by atoms with Gasteiger partial charge >= 0.3 is 388 Å². The van der Waals surface area contributed by atoms with Crippen molar-refractivity contribution >= 4 is 0 Å². The van der Waals surface area contributed by atoms with Gasteiger partial charge in [0.25, 0.3) is 0 Å². The van der Waals surface area contributed by atoms with Crippen LogP contribution in [0.4, 0.5) is 26.3 Å². The molecule has 0 aromatic heterocycles. The number of hydrogen-bond donors (Lipinski definition) is 0. The molecule has 0 bridgehead atoms. The van der Waals surface area contributed by atoms with Crippen LogP contribution in [-0.4, -0.2) is 0 Å². The van der Waals surface area contributed by atoms with E-state index in [2.05, 4.69) is 156 Å². The van der Waals surface area contributed by atoms with E-state index < -0.39 is 51.9 Å². The van der Waals surface area contributed by atoms with Crippen molar-refractivity contribution < 1.29 is 53.1 Å². The van der Waals surface area contributed by atoms with E-state index in [-0.39, 0.29) is 33.2 Å². The number of halogens is 6. The van der Waals surface area contributed by atoms with Crippen LogP contribution in [0, 0.1) is 0 Å². The molecule has 0 aliphatic heterocycles. The summed E-state index contributed by atoms with van der Waals surface area (Å²) >= 11 is -5.95. The molecule has 0 radical (unpaired) electrons. The zero-order chi connectivity index (χ0) is 47.4. The van der Waals surface area contributed by atoms with Crippen LogP contribution in [0.1, 0.15) is 146 Å². The number of fused-ring (bicyclic) bond motifs is 6. The minimum absolute atomic E-state index is 0.0505. The van der Waals surface area contributed by atoms with Crippen molar-refractivity contribution in [2.75, 3.05) is 0 Å². The van der Waals surface area contributed by atoms with Crippen molar-refractivity contribution in [2.24, 2.45) is 0 Å². The number of hydrogen-bond acceptors (Lipinski definition) is 2. The van der Waals surface area contributed by atoms with Gasteiger partial charge < -0.3 is 0 Å². The maximum absolute atomic E-state index is 14.7. The Morgan fingerprint density at radius 2 is 0.600 bits per heavy atom. The summed E-state index contributed by atoms with van der Waals surface area (Å²) in [5.74, 6) is -0.101. The van der Waals surface area contributed by atoms with Gasteiger partial charge in [-0.05, 0) is 0 Å². The topological polar surface area (TPSA) is 18.5 Å². The van der Waals surface area contributed by atoms with E-state index in [1.54, 1.807) is 0 Å². The van der Waals surface area contributed by atoms with Gasteiger partial charge in [0.1, 0.15) is 0 Å². The molecular weight excluding hydrogens is 910 g/mol. The van der Waals surface area contributed by atoms with E-state index in [0.717, 1.165) is 91.0 Å². The van der Waals surface area contributed by atoms with Gasteiger partial charge in [-0.3, -0.25) is 0 Å². The molecular formula is C56H58F6O2Zr. The second kappa shape index (κ2) is 15.7. The van der Waals surface area contributed by atoms with E-state index in [4.69, 9.17) is 5.63 Å². The van der Waals surface area contributed by atoms with Gasteiger partial charge in [-0.2, -0.15) is 0 Å². The molecule has 2 aliphatic rings. The molecule has 2 nitrogen and oxygen atoms in total. The van der Waals surface area contributed by atoms with Gasteiger partial charge in [-0.25, -0.2) is 0 Å². The van der Waals surface area contributed by atoms with Crippen molar-refractivity contribution in [3.63, 3.8) is 0 Å². The number of rotatable bonds is 6. The quantitative estimate of drug-likeness (QED) is 0.155. The Balaban J connectivity index is 1.59. The van der Waals surface area contributed by atoms with Crippen LogP contribution in [-0.2, 0) is 55.2 Å². The molecule has 0 saturated heterocycles. The van der Waals surface area contributed by atoms with Crippen LogP contribution in [0.25, 0.3) is 22.3 Å². The Bertz CT molecular complexity index is 2490. The van der Waals surface area contributed by atoms with Crippen molar-refractivity contribution in [3.8, 4) is 33.8 Å². The van der Waals surface area contributed by atoms with Gasteiger partial charge in [0.2, 0.25) is 0 Å². The van der Waals surface area contributed by atoms with Crippen molar-refractivity contribution in [1.82, 2.24) is 0 Å². The molecule has 0 spiro atoms. The molecule has 0 N–H and O–H groups in total. The summed E-state index contributed by atoms with van der Waals surface area (Å²) in [5, 5.41) is 0. The summed E-state index contributed by atoms with van der Waals surface area (Å²) in [6.45, 7) is 25.5. The molecule has 0 atom stereocenters. The number of alkyl halides is 6. The molecule has 65 heavy (non-hydrogen) atoms. The molecule has 0 fully saturated rings. The molecule has 340 valence electrons. The first kappa shape index (κ1) is 46.9. The fourth-order valence-corrected chi connectivity index (χ4v) is 20.6. The molecule has 0 heterocycles.